The standard InChI is InChI=1S/C17H36N4/c1-14(2)21(15(3)4)11-8-10-19-16(18-7)20-12-9-17(5,6)13-20/h14-15H,8-13H2,1-7H3,(H,18,19). The molecule has 1 fully saturated rings. The summed E-state index contributed by atoms with van der Waals surface area (Å²) in [6.45, 7) is 18.2. The maximum absolute atomic E-state index is 4.44. The van der Waals surface area contributed by atoms with Crippen molar-refractivity contribution in [1.82, 2.24) is 15.1 Å². The predicted molar refractivity (Wildman–Crippen MR) is 92.9 cm³/mol. The molecule has 0 aliphatic carbocycles. The second kappa shape index (κ2) is 8.02. The molecule has 1 aliphatic rings. The Morgan fingerprint density at radius 3 is 2.29 bits per heavy atom. The lowest BCUT2D eigenvalue weighted by molar-refractivity contribution is 0.173. The molecule has 1 saturated heterocycles. The van der Waals surface area contributed by atoms with E-state index >= 15 is 0 Å². The first kappa shape index (κ1) is 18.3. The number of hydrogen-bond donors (Lipinski definition) is 1. The molecule has 0 aromatic rings. The fourth-order valence-corrected chi connectivity index (χ4v) is 3.20. The van der Waals surface area contributed by atoms with E-state index in [-0.39, 0.29) is 0 Å². The number of guanidine groups is 1. The molecular formula is C17H36N4. The molecule has 0 radical (unpaired) electrons. The van der Waals surface area contributed by atoms with Crippen LogP contribution in [0.4, 0.5) is 0 Å². The van der Waals surface area contributed by atoms with Gasteiger partial charge in [0.1, 0.15) is 0 Å². The highest BCUT2D eigenvalue weighted by atomic mass is 15.3. The van der Waals surface area contributed by atoms with Crippen molar-refractivity contribution in [2.45, 2.75) is 66.5 Å². The van der Waals surface area contributed by atoms with E-state index in [1.54, 1.807) is 0 Å². The van der Waals surface area contributed by atoms with Crippen molar-refractivity contribution < 1.29 is 0 Å². The van der Waals surface area contributed by atoms with E-state index in [1.165, 1.54) is 6.42 Å². The average molecular weight is 297 g/mol. The van der Waals surface area contributed by atoms with Gasteiger partial charge in [-0.3, -0.25) is 9.89 Å². The van der Waals surface area contributed by atoms with Crippen molar-refractivity contribution in [1.29, 1.82) is 0 Å². The lowest BCUT2D eigenvalue weighted by atomic mass is 9.93. The average Bonchev–Trinajstić information content (AvgIpc) is 2.73. The number of rotatable bonds is 6. The van der Waals surface area contributed by atoms with Gasteiger partial charge in [0.15, 0.2) is 5.96 Å². The van der Waals surface area contributed by atoms with Crippen molar-refractivity contribution in [2.24, 2.45) is 10.4 Å². The van der Waals surface area contributed by atoms with E-state index in [0.717, 1.165) is 38.6 Å². The van der Waals surface area contributed by atoms with Gasteiger partial charge in [-0.05, 0) is 46.0 Å². The van der Waals surface area contributed by atoms with Crippen LogP contribution in [0.2, 0.25) is 0 Å². The van der Waals surface area contributed by atoms with Crippen LogP contribution in [0.15, 0.2) is 4.99 Å². The van der Waals surface area contributed by atoms with Crippen molar-refractivity contribution in [3.8, 4) is 0 Å². The monoisotopic (exact) mass is 296 g/mol. The maximum Gasteiger partial charge on any atom is 0.193 e. The van der Waals surface area contributed by atoms with E-state index < -0.39 is 0 Å². The van der Waals surface area contributed by atoms with Gasteiger partial charge in [-0.1, -0.05) is 13.8 Å². The highest BCUT2D eigenvalue weighted by Gasteiger charge is 2.30. The number of aliphatic imine (C=N–C) groups is 1. The van der Waals surface area contributed by atoms with Crippen molar-refractivity contribution in [3.05, 3.63) is 0 Å². The molecule has 4 nitrogen and oxygen atoms in total. The van der Waals surface area contributed by atoms with E-state index in [4.69, 9.17) is 0 Å². The molecule has 0 unspecified atom stereocenters. The van der Waals surface area contributed by atoms with Crippen LogP contribution < -0.4 is 5.32 Å². The Bertz CT molecular complexity index is 326. The van der Waals surface area contributed by atoms with Gasteiger partial charge >= 0.3 is 0 Å². The molecule has 0 amide bonds. The molecule has 0 spiro atoms. The van der Waals surface area contributed by atoms with Crippen molar-refractivity contribution in [3.63, 3.8) is 0 Å². The Kier molecular flexibility index (Phi) is 6.98. The minimum atomic E-state index is 0.420. The van der Waals surface area contributed by atoms with Gasteiger partial charge in [0.25, 0.3) is 0 Å². The van der Waals surface area contributed by atoms with Crippen LogP contribution in [0.25, 0.3) is 0 Å². The largest absolute Gasteiger partial charge is 0.356 e. The molecule has 1 rings (SSSR count). The topological polar surface area (TPSA) is 30.9 Å². The first-order valence-corrected chi connectivity index (χ1v) is 8.48. The number of nitrogens with zero attached hydrogens (tertiary/aromatic N) is 3. The summed E-state index contributed by atoms with van der Waals surface area (Å²) in [5, 5.41) is 3.53. The van der Waals surface area contributed by atoms with E-state index in [1.807, 2.05) is 7.05 Å². The van der Waals surface area contributed by atoms with Crippen LogP contribution in [0, 0.1) is 5.41 Å². The summed E-state index contributed by atoms with van der Waals surface area (Å²) in [4.78, 5) is 9.38. The third-order valence-corrected chi connectivity index (χ3v) is 4.39. The zero-order chi connectivity index (χ0) is 16.0. The normalized spacial score (nSPS) is 19.1. The zero-order valence-corrected chi connectivity index (χ0v) is 15.2. The van der Waals surface area contributed by atoms with E-state index in [9.17, 15) is 0 Å². The van der Waals surface area contributed by atoms with Crippen LogP contribution in [0.3, 0.4) is 0 Å². The van der Waals surface area contributed by atoms with E-state index in [2.05, 4.69) is 61.7 Å². The Morgan fingerprint density at radius 2 is 1.86 bits per heavy atom. The Hall–Kier alpha value is -0.770. The molecule has 0 saturated carbocycles. The highest BCUT2D eigenvalue weighted by molar-refractivity contribution is 5.80. The molecule has 1 heterocycles. The van der Waals surface area contributed by atoms with Gasteiger partial charge in [-0.2, -0.15) is 0 Å². The predicted octanol–water partition coefficient (Wildman–Crippen LogP) is 2.80. The van der Waals surface area contributed by atoms with Crippen molar-refractivity contribution >= 4 is 5.96 Å². The smallest absolute Gasteiger partial charge is 0.193 e. The second-order valence-electron chi connectivity index (χ2n) is 7.59. The van der Waals surface area contributed by atoms with Crippen LogP contribution in [0.5, 0.6) is 0 Å². The van der Waals surface area contributed by atoms with Crippen LogP contribution in [0.1, 0.15) is 54.4 Å². The van der Waals surface area contributed by atoms with Gasteiger partial charge in [-0.15, -0.1) is 0 Å². The molecule has 0 aromatic carbocycles. The SMILES string of the molecule is CN=C(NCCCN(C(C)C)C(C)C)N1CCC(C)(C)C1. The third kappa shape index (κ3) is 5.85. The van der Waals surface area contributed by atoms with Gasteiger partial charge in [-0.25, -0.2) is 0 Å². The van der Waals surface area contributed by atoms with Gasteiger partial charge in [0.05, 0.1) is 0 Å². The molecule has 21 heavy (non-hydrogen) atoms. The number of hydrogen-bond acceptors (Lipinski definition) is 2. The summed E-state index contributed by atoms with van der Waals surface area (Å²) in [7, 11) is 1.89. The molecule has 4 heteroatoms. The maximum atomic E-state index is 4.44. The summed E-state index contributed by atoms with van der Waals surface area (Å²) < 4.78 is 0. The Morgan fingerprint density at radius 1 is 1.24 bits per heavy atom. The van der Waals surface area contributed by atoms with E-state index in [0.29, 0.717) is 17.5 Å². The van der Waals surface area contributed by atoms with Crippen LogP contribution in [-0.2, 0) is 0 Å². The van der Waals surface area contributed by atoms with Crippen LogP contribution in [-0.4, -0.2) is 61.1 Å². The number of nitrogens with one attached hydrogen (secondary N) is 1. The molecule has 1 N–H and O–H groups in total. The molecule has 1 aliphatic heterocycles. The highest BCUT2D eigenvalue weighted by Crippen LogP contribution is 2.28. The quantitative estimate of drug-likeness (QED) is 0.464. The Balaban J connectivity index is 2.34. The molecule has 0 bridgehead atoms. The van der Waals surface area contributed by atoms with Crippen LogP contribution >= 0.6 is 0 Å². The Labute approximate surface area is 132 Å². The third-order valence-electron chi connectivity index (χ3n) is 4.39. The lowest BCUT2D eigenvalue weighted by Gasteiger charge is -2.30. The van der Waals surface area contributed by atoms with Gasteiger partial charge in [0, 0.05) is 45.3 Å². The van der Waals surface area contributed by atoms with Gasteiger partial charge in [0.2, 0.25) is 0 Å². The molecule has 124 valence electrons. The molecule has 0 aromatic heterocycles. The fraction of sp³-hybridized carbons (Fsp3) is 0.941. The molecular weight excluding hydrogens is 260 g/mol. The summed E-state index contributed by atoms with van der Waals surface area (Å²) in [6, 6.07) is 1.23. The minimum absolute atomic E-state index is 0.420. The number of likely N-dealkylation sites (tertiary alicyclic amines) is 1. The summed E-state index contributed by atoms with van der Waals surface area (Å²) in [5.41, 5.74) is 0.420. The lowest BCUT2D eigenvalue weighted by Crippen LogP contribution is -2.43. The molecule has 0 atom stereocenters. The summed E-state index contributed by atoms with van der Waals surface area (Å²) in [6.07, 6.45) is 2.41. The summed E-state index contributed by atoms with van der Waals surface area (Å²) >= 11 is 0. The minimum Gasteiger partial charge on any atom is -0.356 e. The second-order valence-corrected chi connectivity index (χ2v) is 7.59. The first-order valence-electron chi connectivity index (χ1n) is 8.48. The zero-order valence-electron chi connectivity index (χ0n) is 15.2. The first-order chi connectivity index (χ1) is 9.76. The van der Waals surface area contributed by atoms with Gasteiger partial charge < -0.3 is 10.2 Å². The fourth-order valence-electron chi connectivity index (χ4n) is 3.20. The van der Waals surface area contributed by atoms with Crippen molar-refractivity contribution in [2.75, 3.05) is 33.2 Å². The summed E-state index contributed by atoms with van der Waals surface area (Å²) in [5.74, 6) is 1.07.